The van der Waals surface area contributed by atoms with Gasteiger partial charge in [0.15, 0.2) is 0 Å². The molecule has 4 aromatic carbocycles. The van der Waals surface area contributed by atoms with E-state index < -0.39 is 28.5 Å². The predicted octanol–water partition coefficient (Wildman–Crippen LogP) is 5.70. The maximum absolute atomic E-state index is 14.4. The van der Waals surface area contributed by atoms with Gasteiger partial charge in [0.1, 0.15) is 18.3 Å². The summed E-state index contributed by atoms with van der Waals surface area (Å²) in [6, 6.07) is 29.4. The molecule has 1 atom stereocenters. The van der Waals surface area contributed by atoms with Gasteiger partial charge in [-0.1, -0.05) is 60.2 Å². The molecule has 0 fully saturated rings. The number of thioether (sulfide) groups is 1. The first kappa shape index (κ1) is 33.6. The van der Waals surface area contributed by atoms with Crippen molar-refractivity contribution in [3.05, 3.63) is 120 Å². The maximum atomic E-state index is 14.4. The van der Waals surface area contributed by atoms with Gasteiger partial charge in [-0.15, -0.1) is 11.8 Å². The van der Waals surface area contributed by atoms with Crippen LogP contribution in [-0.2, 0) is 32.6 Å². The van der Waals surface area contributed by atoms with Crippen LogP contribution in [0.3, 0.4) is 0 Å². The molecule has 4 rings (SSSR count). The molecule has 45 heavy (non-hydrogen) atoms. The number of hydrogen-bond acceptors (Lipinski definition) is 6. The van der Waals surface area contributed by atoms with Crippen LogP contribution in [0.5, 0.6) is 5.75 Å². The number of carbonyl (C=O) groups excluding carboxylic acids is 2. The zero-order valence-electron chi connectivity index (χ0n) is 26.0. The van der Waals surface area contributed by atoms with E-state index in [1.807, 2.05) is 74.7 Å². The summed E-state index contributed by atoms with van der Waals surface area (Å²) in [6.45, 7) is 3.87. The van der Waals surface area contributed by atoms with Crippen LogP contribution < -0.4 is 14.4 Å². The lowest BCUT2D eigenvalue weighted by molar-refractivity contribution is -0.139. The molecule has 0 heterocycles. The number of nitrogens with one attached hydrogen (secondary N) is 1. The van der Waals surface area contributed by atoms with Gasteiger partial charge in [0, 0.05) is 24.9 Å². The fourth-order valence-electron chi connectivity index (χ4n) is 5.01. The summed E-state index contributed by atoms with van der Waals surface area (Å²) < 4.78 is 35.1. The zero-order chi connectivity index (χ0) is 32.4. The first-order valence-corrected chi connectivity index (χ1v) is 17.3. The van der Waals surface area contributed by atoms with E-state index in [0.717, 1.165) is 25.9 Å². The molecule has 0 aromatic heterocycles. The predicted molar refractivity (Wildman–Crippen MR) is 180 cm³/mol. The summed E-state index contributed by atoms with van der Waals surface area (Å²) >= 11 is 1.50. The van der Waals surface area contributed by atoms with E-state index in [9.17, 15) is 18.0 Å². The van der Waals surface area contributed by atoms with Crippen molar-refractivity contribution in [1.82, 2.24) is 10.2 Å². The summed E-state index contributed by atoms with van der Waals surface area (Å²) in [7, 11) is -2.66. The van der Waals surface area contributed by atoms with Crippen LogP contribution in [0.15, 0.2) is 113 Å². The van der Waals surface area contributed by atoms with E-state index >= 15 is 0 Å². The average molecular weight is 646 g/mol. The Kier molecular flexibility index (Phi) is 11.7. The van der Waals surface area contributed by atoms with Gasteiger partial charge in [-0.25, -0.2) is 8.42 Å². The number of likely N-dealkylation sites (N-methyl/N-ethyl adjacent to an activating group) is 1. The lowest BCUT2D eigenvalue weighted by Gasteiger charge is -2.33. The first-order valence-electron chi connectivity index (χ1n) is 14.7. The molecule has 0 aliphatic heterocycles. The fourth-order valence-corrected chi connectivity index (χ4v) is 6.83. The average Bonchev–Trinajstić information content (AvgIpc) is 3.06. The van der Waals surface area contributed by atoms with E-state index in [4.69, 9.17) is 4.74 Å². The van der Waals surface area contributed by atoms with Crippen LogP contribution in [0.4, 0.5) is 5.69 Å². The van der Waals surface area contributed by atoms with Gasteiger partial charge >= 0.3 is 0 Å². The van der Waals surface area contributed by atoms with Crippen molar-refractivity contribution in [2.45, 2.75) is 42.6 Å². The largest absolute Gasteiger partial charge is 0.494 e. The Morgan fingerprint density at radius 1 is 0.889 bits per heavy atom. The number of benzene rings is 4. The Labute approximate surface area is 270 Å². The highest BCUT2D eigenvalue weighted by atomic mass is 32.2. The second-order valence-corrected chi connectivity index (χ2v) is 13.2. The van der Waals surface area contributed by atoms with Crippen LogP contribution >= 0.6 is 11.8 Å². The van der Waals surface area contributed by atoms with Crippen molar-refractivity contribution in [1.29, 1.82) is 0 Å². The van der Waals surface area contributed by atoms with E-state index in [-0.39, 0.29) is 23.8 Å². The topological polar surface area (TPSA) is 96.0 Å². The van der Waals surface area contributed by atoms with Crippen LogP contribution in [-0.4, -0.2) is 57.6 Å². The van der Waals surface area contributed by atoms with E-state index in [0.29, 0.717) is 18.0 Å². The molecule has 10 heteroatoms. The number of nitrogens with zero attached hydrogens (tertiary/aromatic N) is 2. The Hall–Kier alpha value is -4.28. The monoisotopic (exact) mass is 645 g/mol. The number of ether oxygens (including phenoxy) is 1. The third-order valence-corrected chi connectivity index (χ3v) is 9.85. The fraction of sp³-hybridized carbons (Fsp3) is 0.257. The molecule has 236 valence electrons. The second-order valence-electron chi connectivity index (χ2n) is 10.4. The Morgan fingerprint density at radius 2 is 1.56 bits per heavy atom. The molecular weight excluding hydrogens is 607 g/mol. The molecular formula is C35H39N3O5S2. The number of rotatable bonds is 14. The van der Waals surface area contributed by atoms with Crippen molar-refractivity contribution < 1.29 is 22.7 Å². The number of carbonyl (C=O) groups is 2. The van der Waals surface area contributed by atoms with Crippen LogP contribution in [0.1, 0.15) is 23.6 Å². The molecule has 0 saturated carbocycles. The van der Waals surface area contributed by atoms with Crippen molar-refractivity contribution in [3.8, 4) is 5.75 Å². The maximum Gasteiger partial charge on any atom is 0.264 e. The standard InChI is InChI=1S/C35H39N3O5S2/c1-5-43-30-16-14-29(15-17-30)38(45(41,42)32-20-18-31(44-4)19-21-32)25-34(39)37(24-28-13-9-10-26(2)22-28)33(35(40)36-3)23-27-11-7-6-8-12-27/h6-22,33H,5,23-25H2,1-4H3,(H,36,40)/t33-/m1/s1. The van der Waals surface area contributed by atoms with Gasteiger partial charge < -0.3 is 15.0 Å². The minimum Gasteiger partial charge on any atom is -0.494 e. The number of aryl methyl sites for hydroxylation is 1. The van der Waals surface area contributed by atoms with Crippen molar-refractivity contribution in [2.24, 2.45) is 0 Å². The molecule has 0 unspecified atom stereocenters. The second kappa shape index (κ2) is 15.6. The summed E-state index contributed by atoms with van der Waals surface area (Å²) in [4.78, 5) is 30.3. The smallest absolute Gasteiger partial charge is 0.264 e. The quantitative estimate of drug-likeness (QED) is 0.177. The molecule has 8 nitrogen and oxygen atoms in total. The number of anilines is 1. The van der Waals surface area contributed by atoms with E-state index in [1.54, 1.807) is 48.5 Å². The minimum absolute atomic E-state index is 0.0550. The first-order chi connectivity index (χ1) is 21.7. The third-order valence-electron chi connectivity index (χ3n) is 7.31. The van der Waals surface area contributed by atoms with Gasteiger partial charge in [-0.05, 0) is 79.8 Å². The molecule has 0 bridgehead atoms. The summed E-state index contributed by atoms with van der Waals surface area (Å²) in [5, 5.41) is 2.71. The van der Waals surface area contributed by atoms with Gasteiger partial charge in [-0.2, -0.15) is 0 Å². The highest BCUT2D eigenvalue weighted by molar-refractivity contribution is 7.98. The number of hydrogen-bond donors (Lipinski definition) is 1. The summed E-state index contributed by atoms with van der Waals surface area (Å²) in [6.07, 6.45) is 2.17. The van der Waals surface area contributed by atoms with Crippen LogP contribution in [0.2, 0.25) is 0 Å². The van der Waals surface area contributed by atoms with Gasteiger partial charge in [0.25, 0.3) is 10.0 Å². The van der Waals surface area contributed by atoms with Crippen LogP contribution in [0.25, 0.3) is 0 Å². The number of sulfonamides is 1. The molecule has 0 saturated heterocycles. The van der Waals surface area contributed by atoms with Crippen molar-refractivity contribution in [3.63, 3.8) is 0 Å². The molecule has 0 aliphatic rings. The normalized spacial score (nSPS) is 11.8. The van der Waals surface area contributed by atoms with Gasteiger partial charge in [0.05, 0.1) is 17.2 Å². The van der Waals surface area contributed by atoms with Gasteiger partial charge in [-0.3, -0.25) is 13.9 Å². The summed E-state index contributed by atoms with van der Waals surface area (Å²) in [5.74, 6) is -0.278. The van der Waals surface area contributed by atoms with Crippen LogP contribution in [0, 0.1) is 6.92 Å². The molecule has 1 N–H and O–H groups in total. The molecule has 0 spiro atoms. The Morgan fingerprint density at radius 3 is 2.16 bits per heavy atom. The van der Waals surface area contributed by atoms with E-state index in [2.05, 4.69) is 5.32 Å². The molecule has 4 aromatic rings. The van der Waals surface area contributed by atoms with Crippen molar-refractivity contribution in [2.75, 3.05) is 30.8 Å². The molecule has 2 amide bonds. The third kappa shape index (κ3) is 8.67. The zero-order valence-corrected chi connectivity index (χ0v) is 27.6. The van der Waals surface area contributed by atoms with Crippen molar-refractivity contribution >= 4 is 39.3 Å². The van der Waals surface area contributed by atoms with Gasteiger partial charge in [0.2, 0.25) is 11.8 Å². The minimum atomic E-state index is -4.19. The number of amides is 2. The Bertz CT molecular complexity index is 1680. The highest BCUT2D eigenvalue weighted by Gasteiger charge is 2.34. The Balaban J connectivity index is 1.78. The summed E-state index contributed by atoms with van der Waals surface area (Å²) in [5.41, 5.74) is 3.01. The SMILES string of the molecule is CCOc1ccc(N(CC(=O)N(Cc2cccc(C)c2)[C@H](Cc2ccccc2)C(=O)NC)S(=O)(=O)c2ccc(SC)cc2)cc1. The lowest BCUT2D eigenvalue weighted by Crippen LogP contribution is -2.53. The highest BCUT2D eigenvalue weighted by Crippen LogP contribution is 2.28. The molecule has 0 radical (unpaired) electrons. The lowest BCUT2D eigenvalue weighted by atomic mass is 10.0. The van der Waals surface area contributed by atoms with E-state index in [1.165, 1.54) is 23.7 Å². The molecule has 0 aliphatic carbocycles.